The van der Waals surface area contributed by atoms with E-state index < -0.39 is 0 Å². The van der Waals surface area contributed by atoms with Gasteiger partial charge in [-0.1, -0.05) is 42.1 Å². The zero-order chi connectivity index (χ0) is 16.1. The van der Waals surface area contributed by atoms with Gasteiger partial charge in [-0.15, -0.1) is 0 Å². The molecule has 2 fully saturated rings. The van der Waals surface area contributed by atoms with Crippen LogP contribution >= 0.6 is 11.8 Å². The molecule has 2 saturated heterocycles. The van der Waals surface area contributed by atoms with Gasteiger partial charge in [0, 0.05) is 34.6 Å². The van der Waals surface area contributed by atoms with E-state index >= 15 is 0 Å². The Morgan fingerprint density at radius 3 is 2.54 bits per heavy atom. The van der Waals surface area contributed by atoms with Gasteiger partial charge in [-0.05, 0) is 50.5 Å². The molecule has 128 valence electrons. The van der Waals surface area contributed by atoms with Crippen molar-refractivity contribution in [2.45, 2.75) is 74.5 Å². The molecule has 2 bridgehead atoms. The van der Waals surface area contributed by atoms with Gasteiger partial charge in [-0.2, -0.15) is 0 Å². The first kappa shape index (κ1) is 15.3. The summed E-state index contributed by atoms with van der Waals surface area (Å²) in [6, 6.07) is 13.2. The smallest absolute Gasteiger partial charge is 0.130 e. The SMILES string of the molecule is NC1SC2=C(C(c3ccccc3)CCC2)N1C1CC2CCC(C1)N2. The van der Waals surface area contributed by atoms with Crippen LogP contribution in [-0.4, -0.2) is 28.5 Å². The summed E-state index contributed by atoms with van der Waals surface area (Å²) in [5.41, 5.74) is 9.83. The molecule has 3 N–H and O–H groups in total. The Morgan fingerprint density at radius 2 is 1.79 bits per heavy atom. The van der Waals surface area contributed by atoms with E-state index in [1.54, 1.807) is 10.6 Å². The number of thioether (sulfide) groups is 1. The van der Waals surface area contributed by atoms with Gasteiger partial charge in [-0.25, -0.2) is 0 Å². The fourth-order valence-corrected chi connectivity index (χ4v) is 6.70. The Balaban J connectivity index is 1.49. The van der Waals surface area contributed by atoms with Crippen LogP contribution in [0.5, 0.6) is 0 Å². The maximum atomic E-state index is 6.65. The number of hydrogen-bond acceptors (Lipinski definition) is 4. The molecule has 4 atom stereocenters. The van der Waals surface area contributed by atoms with E-state index in [2.05, 4.69) is 40.5 Å². The first-order chi connectivity index (χ1) is 11.8. The zero-order valence-corrected chi connectivity index (χ0v) is 15.0. The summed E-state index contributed by atoms with van der Waals surface area (Å²) in [4.78, 5) is 4.22. The number of rotatable bonds is 2. The number of hydrogen-bond donors (Lipinski definition) is 2. The van der Waals surface area contributed by atoms with Gasteiger partial charge >= 0.3 is 0 Å². The molecule has 24 heavy (non-hydrogen) atoms. The lowest BCUT2D eigenvalue weighted by molar-refractivity contribution is 0.162. The quantitative estimate of drug-likeness (QED) is 0.860. The fourth-order valence-electron chi connectivity index (χ4n) is 5.38. The van der Waals surface area contributed by atoms with E-state index in [9.17, 15) is 0 Å². The molecule has 3 heterocycles. The lowest BCUT2D eigenvalue weighted by Gasteiger charge is -2.42. The molecule has 4 heteroatoms. The molecule has 3 nitrogen and oxygen atoms in total. The molecular weight excluding hydrogens is 314 g/mol. The largest absolute Gasteiger partial charge is 0.346 e. The van der Waals surface area contributed by atoms with Crippen LogP contribution in [0.1, 0.15) is 56.4 Å². The van der Waals surface area contributed by atoms with Gasteiger partial charge in [0.15, 0.2) is 0 Å². The Bertz CT molecular complexity index is 632. The van der Waals surface area contributed by atoms with Gasteiger partial charge in [-0.3, -0.25) is 0 Å². The minimum absolute atomic E-state index is 0.127. The van der Waals surface area contributed by atoms with Crippen LogP contribution in [-0.2, 0) is 0 Å². The summed E-state index contributed by atoms with van der Waals surface area (Å²) in [6.45, 7) is 0. The van der Waals surface area contributed by atoms with E-state index in [-0.39, 0.29) is 5.50 Å². The van der Waals surface area contributed by atoms with Crippen molar-refractivity contribution in [3.63, 3.8) is 0 Å². The van der Waals surface area contributed by atoms with Gasteiger partial charge in [0.1, 0.15) is 5.50 Å². The number of allylic oxidation sites excluding steroid dienone is 2. The standard InChI is InChI=1S/C20H27N3S/c21-20-23(16-11-14-9-10-15(12-16)22-14)19-17(7-4-8-18(19)24-20)13-5-2-1-3-6-13/h1-3,5-6,14-17,20,22H,4,7-12,21H2. The number of fused-ring (bicyclic) bond motifs is 2. The summed E-state index contributed by atoms with van der Waals surface area (Å²) >= 11 is 1.94. The Hall–Kier alpha value is -0.970. The average Bonchev–Trinajstić information content (AvgIpc) is 3.13. The number of benzene rings is 1. The van der Waals surface area contributed by atoms with Crippen molar-refractivity contribution in [3.05, 3.63) is 46.5 Å². The minimum Gasteiger partial charge on any atom is -0.346 e. The van der Waals surface area contributed by atoms with E-state index in [4.69, 9.17) is 5.73 Å². The molecule has 0 aromatic heterocycles. The number of nitrogens with one attached hydrogen (secondary N) is 1. The molecule has 3 aliphatic heterocycles. The van der Waals surface area contributed by atoms with Crippen LogP contribution in [0.2, 0.25) is 0 Å². The monoisotopic (exact) mass is 341 g/mol. The first-order valence-corrected chi connectivity index (χ1v) is 10.4. The Morgan fingerprint density at radius 1 is 1.04 bits per heavy atom. The molecule has 1 aliphatic carbocycles. The predicted molar refractivity (Wildman–Crippen MR) is 100 cm³/mol. The third-order valence-corrected chi connectivity index (χ3v) is 7.54. The number of nitrogens with two attached hydrogens (primary N) is 1. The van der Waals surface area contributed by atoms with Crippen LogP contribution < -0.4 is 11.1 Å². The molecule has 0 spiro atoms. The maximum Gasteiger partial charge on any atom is 0.130 e. The van der Waals surface area contributed by atoms with Crippen LogP contribution in [0.3, 0.4) is 0 Å². The molecule has 0 radical (unpaired) electrons. The highest BCUT2D eigenvalue weighted by molar-refractivity contribution is 8.03. The van der Waals surface area contributed by atoms with Gasteiger partial charge in [0.2, 0.25) is 0 Å². The maximum absolute atomic E-state index is 6.65. The second-order valence-electron chi connectivity index (χ2n) is 7.84. The first-order valence-electron chi connectivity index (χ1n) is 9.54. The molecule has 0 saturated carbocycles. The summed E-state index contributed by atoms with van der Waals surface area (Å²) in [6.07, 6.45) is 9.03. The van der Waals surface area contributed by atoms with Crippen molar-refractivity contribution in [2.24, 2.45) is 5.73 Å². The number of nitrogens with zero attached hydrogens (tertiary/aromatic N) is 1. The van der Waals surface area contributed by atoms with Crippen molar-refractivity contribution < 1.29 is 0 Å². The lowest BCUT2D eigenvalue weighted by Crippen LogP contribution is -2.51. The summed E-state index contributed by atoms with van der Waals surface area (Å²) < 4.78 is 0. The minimum atomic E-state index is 0.127. The van der Waals surface area contributed by atoms with Crippen molar-refractivity contribution in [3.8, 4) is 0 Å². The van der Waals surface area contributed by atoms with Crippen LogP contribution in [0, 0.1) is 0 Å². The topological polar surface area (TPSA) is 41.3 Å². The molecular formula is C20H27N3S. The van der Waals surface area contributed by atoms with E-state index in [1.165, 1.54) is 50.5 Å². The highest BCUT2D eigenvalue weighted by atomic mass is 32.2. The third-order valence-electron chi connectivity index (χ3n) is 6.37. The normalized spacial score (nSPS) is 38.5. The van der Waals surface area contributed by atoms with Crippen LogP contribution in [0.15, 0.2) is 40.9 Å². The summed E-state index contributed by atoms with van der Waals surface area (Å²) in [5.74, 6) is 0.545. The average molecular weight is 342 g/mol. The van der Waals surface area contributed by atoms with Crippen molar-refractivity contribution in [1.82, 2.24) is 10.2 Å². The molecule has 4 unspecified atom stereocenters. The lowest BCUT2D eigenvalue weighted by atomic mass is 9.84. The zero-order valence-electron chi connectivity index (χ0n) is 14.2. The number of piperidine rings is 1. The van der Waals surface area contributed by atoms with Gasteiger partial charge in [0.25, 0.3) is 0 Å². The molecule has 1 aromatic rings. The van der Waals surface area contributed by atoms with E-state index in [0.717, 1.165) is 12.1 Å². The van der Waals surface area contributed by atoms with Crippen LogP contribution in [0.4, 0.5) is 0 Å². The Kier molecular flexibility index (Phi) is 3.88. The molecule has 5 rings (SSSR count). The van der Waals surface area contributed by atoms with E-state index in [0.29, 0.717) is 12.0 Å². The van der Waals surface area contributed by atoms with Crippen molar-refractivity contribution in [1.29, 1.82) is 0 Å². The summed E-state index contributed by atoms with van der Waals surface area (Å²) in [7, 11) is 0. The third kappa shape index (κ3) is 2.51. The van der Waals surface area contributed by atoms with Gasteiger partial charge < -0.3 is 16.0 Å². The fraction of sp³-hybridized carbons (Fsp3) is 0.600. The highest BCUT2D eigenvalue weighted by Gasteiger charge is 2.44. The van der Waals surface area contributed by atoms with Crippen molar-refractivity contribution >= 4 is 11.8 Å². The Labute approximate surface area is 149 Å². The molecule has 4 aliphatic rings. The molecule has 0 amide bonds. The van der Waals surface area contributed by atoms with Gasteiger partial charge in [0.05, 0.1) is 0 Å². The predicted octanol–water partition coefficient (Wildman–Crippen LogP) is 3.74. The second-order valence-corrected chi connectivity index (χ2v) is 9.05. The van der Waals surface area contributed by atoms with E-state index in [1.807, 2.05) is 11.8 Å². The highest BCUT2D eigenvalue weighted by Crippen LogP contribution is 2.51. The van der Waals surface area contributed by atoms with Crippen LogP contribution in [0.25, 0.3) is 0 Å². The molecule has 1 aromatic carbocycles. The summed E-state index contributed by atoms with van der Waals surface area (Å²) in [5, 5.41) is 3.78. The second kappa shape index (κ2) is 6.08. The van der Waals surface area contributed by atoms with Crippen molar-refractivity contribution in [2.75, 3.05) is 0 Å².